The minimum absolute atomic E-state index is 0.357. The van der Waals surface area contributed by atoms with Crippen LogP contribution in [0.1, 0.15) is 55.5 Å². The van der Waals surface area contributed by atoms with Crippen LogP contribution in [0.3, 0.4) is 0 Å². The monoisotopic (exact) mass is 217 g/mol. The van der Waals surface area contributed by atoms with E-state index in [4.69, 9.17) is 5.73 Å². The van der Waals surface area contributed by atoms with Gasteiger partial charge in [0.25, 0.3) is 0 Å². The van der Waals surface area contributed by atoms with Gasteiger partial charge in [-0.3, -0.25) is 0 Å². The third-order valence-electron chi connectivity index (χ3n) is 4.38. The van der Waals surface area contributed by atoms with Gasteiger partial charge in [0.2, 0.25) is 5.95 Å². The number of aryl methyl sites for hydroxylation is 1. The lowest BCUT2D eigenvalue weighted by Gasteiger charge is -2.35. The summed E-state index contributed by atoms with van der Waals surface area (Å²) < 4.78 is 0. The summed E-state index contributed by atoms with van der Waals surface area (Å²) >= 11 is 0. The van der Waals surface area contributed by atoms with Gasteiger partial charge in [0.1, 0.15) is 0 Å². The fourth-order valence-corrected chi connectivity index (χ4v) is 3.62. The van der Waals surface area contributed by atoms with Crippen molar-refractivity contribution in [1.29, 1.82) is 0 Å². The lowest BCUT2D eigenvalue weighted by atomic mass is 9.71. The van der Waals surface area contributed by atoms with Gasteiger partial charge < -0.3 is 5.73 Å². The zero-order valence-corrected chi connectivity index (χ0v) is 9.92. The molecule has 3 heteroatoms. The highest BCUT2D eigenvalue weighted by molar-refractivity contribution is 5.38. The Balaban J connectivity index is 2.17. The molecule has 1 aromatic heterocycles. The maximum Gasteiger partial charge on any atom is 0.220 e. The Morgan fingerprint density at radius 3 is 2.50 bits per heavy atom. The summed E-state index contributed by atoms with van der Waals surface area (Å²) in [5.74, 6) is 0.462. The van der Waals surface area contributed by atoms with Gasteiger partial charge in [-0.2, -0.15) is 0 Å². The molecule has 0 amide bonds. The fourth-order valence-electron chi connectivity index (χ4n) is 3.62. The van der Waals surface area contributed by atoms with Gasteiger partial charge in [-0.1, -0.05) is 12.8 Å². The van der Waals surface area contributed by atoms with E-state index in [2.05, 4.69) is 16.9 Å². The van der Waals surface area contributed by atoms with Crippen LogP contribution in [-0.4, -0.2) is 9.97 Å². The molecule has 0 radical (unpaired) electrons. The van der Waals surface area contributed by atoms with E-state index in [9.17, 15) is 0 Å². The number of fused-ring (bicyclic) bond motifs is 2. The Hall–Kier alpha value is -1.12. The molecule has 1 heterocycles. The third kappa shape index (κ3) is 1.34. The van der Waals surface area contributed by atoms with Crippen molar-refractivity contribution < 1.29 is 0 Å². The SMILES string of the molecule is Cc1nc(N)nc2c1CCCC21CCCC1. The molecule has 0 atom stereocenters. The molecular formula is C13H19N3. The van der Waals surface area contributed by atoms with Crippen LogP contribution in [0.4, 0.5) is 5.95 Å². The molecular weight excluding hydrogens is 198 g/mol. The van der Waals surface area contributed by atoms with Crippen LogP contribution in [0.25, 0.3) is 0 Å². The first-order valence-electron chi connectivity index (χ1n) is 6.35. The van der Waals surface area contributed by atoms with Gasteiger partial charge in [-0.15, -0.1) is 0 Å². The molecule has 0 saturated heterocycles. The van der Waals surface area contributed by atoms with E-state index < -0.39 is 0 Å². The quantitative estimate of drug-likeness (QED) is 0.726. The lowest BCUT2D eigenvalue weighted by molar-refractivity contribution is 0.356. The van der Waals surface area contributed by atoms with Gasteiger partial charge in [-0.05, 0) is 44.6 Å². The summed E-state index contributed by atoms with van der Waals surface area (Å²) in [6.07, 6.45) is 9.04. The minimum Gasteiger partial charge on any atom is -0.368 e. The molecule has 0 bridgehead atoms. The number of rotatable bonds is 0. The first kappa shape index (κ1) is 10.1. The summed E-state index contributed by atoms with van der Waals surface area (Å²) in [4.78, 5) is 8.88. The van der Waals surface area contributed by atoms with Crippen molar-refractivity contribution in [3.05, 3.63) is 17.0 Å². The van der Waals surface area contributed by atoms with Crippen LogP contribution in [-0.2, 0) is 11.8 Å². The van der Waals surface area contributed by atoms with Crippen molar-refractivity contribution in [2.75, 3.05) is 5.73 Å². The number of anilines is 1. The van der Waals surface area contributed by atoms with Crippen molar-refractivity contribution >= 4 is 5.95 Å². The predicted molar refractivity (Wildman–Crippen MR) is 64.3 cm³/mol. The van der Waals surface area contributed by atoms with Crippen LogP contribution in [0.15, 0.2) is 0 Å². The van der Waals surface area contributed by atoms with E-state index in [0.29, 0.717) is 11.4 Å². The molecule has 2 aliphatic rings. The van der Waals surface area contributed by atoms with E-state index in [1.807, 2.05) is 0 Å². The Kier molecular flexibility index (Phi) is 2.16. The van der Waals surface area contributed by atoms with Crippen LogP contribution in [0.5, 0.6) is 0 Å². The fraction of sp³-hybridized carbons (Fsp3) is 0.692. The molecule has 0 aliphatic heterocycles. The molecule has 3 rings (SSSR count). The molecule has 2 aliphatic carbocycles. The van der Waals surface area contributed by atoms with E-state index in [1.54, 1.807) is 0 Å². The predicted octanol–water partition coefficient (Wildman–Crippen LogP) is 2.52. The van der Waals surface area contributed by atoms with Crippen molar-refractivity contribution in [1.82, 2.24) is 9.97 Å². The topological polar surface area (TPSA) is 51.8 Å². The standard InChI is InChI=1S/C13H19N3/c1-9-10-5-4-8-13(6-2-3-7-13)11(10)16-12(14)15-9/h2-8H2,1H3,(H2,14,15,16). The zero-order chi connectivity index (χ0) is 11.2. The van der Waals surface area contributed by atoms with Crippen molar-refractivity contribution in [3.8, 4) is 0 Å². The van der Waals surface area contributed by atoms with Crippen LogP contribution < -0.4 is 5.73 Å². The second-order valence-corrected chi connectivity index (χ2v) is 5.34. The smallest absolute Gasteiger partial charge is 0.220 e. The first-order chi connectivity index (χ1) is 7.71. The molecule has 1 saturated carbocycles. The average Bonchev–Trinajstić information content (AvgIpc) is 2.69. The molecule has 2 N–H and O–H groups in total. The van der Waals surface area contributed by atoms with Gasteiger partial charge in [0, 0.05) is 11.1 Å². The Bertz CT molecular complexity index is 419. The second kappa shape index (κ2) is 3.44. The van der Waals surface area contributed by atoms with E-state index in [-0.39, 0.29) is 0 Å². The van der Waals surface area contributed by atoms with Gasteiger partial charge >= 0.3 is 0 Å². The zero-order valence-electron chi connectivity index (χ0n) is 9.92. The largest absolute Gasteiger partial charge is 0.368 e. The number of nitrogens with two attached hydrogens (primary N) is 1. The molecule has 86 valence electrons. The third-order valence-corrected chi connectivity index (χ3v) is 4.38. The number of aromatic nitrogens is 2. The van der Waals surface area contributed by atoms with Crippen LogP contribution in [0, 0.1) is 6.92 Å². The van der Waals surface area contributed by atoms with Gasteiger partial charge in [0.15, 0.2) is 0 Å². The summed E-state index contributed by atoms with van der Waals surface area (Å²) in [5.41, 5.74) is 9.96. The minimum atomic E-state index is 0.357. The molecule has 1 spiro atoms. The van der Waals surface area contributed by atoms with Crippen LogP contribution >= 0.6 is 0 Å². The number of hydrogen-bond acceptors (Lipinski definition) is 3. The van der Waals surface area contributed by atoms with E-state index >= 15 is 0 Å². The average molecular weight is 217 g/mol. The summed E-state index contributed by atoms with van der Waals surface area (Å²) in [5, 5.41) is 0. The second-order valence-electron chi connectivity index (χ2n) is 5.34. The van der Waals surface area contributed by atoms with Crippen molar-refractivity contribution in [2.24, 2.45) is 0 Å². The number of hydrogen-bond donors (Lipinski definition) is 1. The van der Waals surface area contributed by atoms with E-state index in [1.165, 1.54) is 49.8 Å². The molecule has 1 aromatic rings. The molecule has 1 fully saturated rings. The number of nitrogens with zero attached hydrogens (tertiary/aromatic N) is 2. The van der Waals surface area contributed by atoms with Gasteiger partial charge in [0.05, 0.1) is 5.69 Å². The molecule has 0 aromatic carbocycles. The van der Waals surface area contributed by atoms with Gasteiger partial charge in [-0.25, -0.2) is 9.97 Å². The highest BCUT2D eigenvalue weighted by atomic mass is 15.0. The molecule has 3 nitrogen and oxygen atoms in total. The molecule has 0 unspecified atom stereocenters. The normalized spacial score (nSPS) is 22.3. The van der Waals surface area contributed by atoms with Crippen molar-refractivity contribution in [2.45, 2.75) is 57.3 Å². The van der Waals surface area contributed by atoms with Crippen LogP contribution in [0.2, 0.25) is 0 Å². The maximum atomic E-state index is 5.81. The summed E-state index contributed by atoms with van der Waals surface area (Å²) in [6, 6.07) is 0. The maximum absolute atomic E-state index is 5.81. The summed E-state index contributed by atoms with van der Waals surface area (Å²) in [7, 11) is 0. The Morgan fingerprint density at radius 1 is 1.06 bits per heavy atom. The van der Waals surface area contributed by atoms with Crippen molar-refractivity contribution in [3.63, 3.8) is 0 Å². The highest BCUT2D eigenvalue weighted by Crippen LogP contribution is 2.48. The first-order valence-corrected chi connectivity index (χ1v) is 6.35. The highest BCUT2D eigenvalue weighted by Gasteiger charge is 2.41. The molecule has 16 heavy (non-hydrogen) atoms. The Labute approximate surface area is 96.5 Å². The summed E-state index contributed by atoms with van der Waals surface area (Å²) in [6.45, 7) is 2.07. The lowest BCUT2D eigenvalue weighted by Crippen LogP contribution is -2.30. The Morgan fingerprint density at radius 2 is 1.75 bits per heavy atom. The number of nitrogen functional groups attached to an aromatic ring is 1. The van der Waals surface area contributed by atoms with E-state index in [0.717, 1.165) is 12.1 Å².